The van der Waals surface area contributed by atoms with Crippen molar-refractivity contribution in [3.63, 3.8) is 0 Å². The van der Waals surface area contributed by atoms with E-state index in [-0.39, 0.29) is 0 Å². The summed E-state index contributed by atoms with van der Waals surface area (Å²) >= 11 is 0. The lowest BCUT2D eigenvalue weighted by molar-refractivity contribution is 0.162. The van der Waals surface area contributed by atoms with Crippen LogP contribution in [0.3, 0.4) is 0 Å². The van der Waals surface area contributed by atoms with Crippen molar-refractivity contribution in [2.75, 3.05) is 39.4 Å². The molecule has 102 valence electrons. The molecule has 0 aromatic rings. The van der Waals surface area contributed by atoms with Crippen molar-refractivity contribution in [2.45, 2.75) is 46.1 Å². The molecule has 1 saturated heterocycles. The van der Waals surface area contributed by atoms with E-state index in [2.05, 4.69) is 31.0 Å². The predicted molar refractivity (Wildman–Crippen MR) is 73.4 cm³/mol. The van der Waals surface area contributed by atoms with Gasteiger partial charge in [0, 0.05) is 25.1 Å². The van der Waals surface area contributed by atoms with Gasteiger partial charge in [0.2, 0.25) is 0 Å². The Morgan fingerprint density at radius 1 is 1.35 bits per heavy atom. The number of rotatable bonds is 9. The highest BCUT2D eigenvalue weighted by atomic mass is 16.5. The molecule has 1 heterocycles. The Bertz CT molecular complexity index is 181. The highest BCUT2D eigenvalue weighted by Crippen LogP contribution is 2.17. The summed E-state index contributed by atoms with van der Waals surface area (Å²) in [6.07, 6.45) is 3.83. The van der Waals surface area contributed by atoms with Crippen LogP contribution in [0.15, 0.2) is 0 Å². The molecule has 2 atom stereocenters. The van der Waals surface area contributed by atoms with Gasteiger partial charge in [-0.25, -0.2) is 0 Å². The molecule has 0 spiro atoms. The number of likely N-dealkylation sites (N-methyl/N-ethyl adjacent to an activating group) is 2. The monoisotopic (exact) mass is 242 g/mol. The van der Waals surface area contributed by atoms with Crippen LogP contribution in [0.5, 0.6) is 0 Å². The van der Waals surface area contributed by atoms with Crippen LogP contribution >= 0.6 is 0 Å². The van der Waals surface area contributed by atoms with Gasteiger partial charge in [0.15, 0.2) is 0 Å². The molecular formula is C14H30N2O. The van der Waals surface area contributed by atoms with Crippen molar-refractivity contribution in [1.82, 2.24) is 10.2 Å². The fourth-order valence-corrected chi connectivity index (χ4v) is 2.55. The molecular weight excluding hydrogens is 212 g/mol. The number of hydrogen-bond acceptors (Lipinski definition) is 3. The van der Waals surface area contributed by atoms with Crippen molar-refractivity contribution in [3.05, 3.63) is 0 Å². The molecule has 3 heteroatoms. The van der Waals surface area contributed by atoms with E-state index in [0.717, 1.165) is 26.3 Å². The van der Waals surface area contributed by atoms with E-state index in [0.29, 0.717) is 12.0 Å². The number of nitrogens with one attached hydrogen (secondary N) is 1. The first-order valence-electron chi connectivity index (χ1n) is 7.35. The van der Waals surface area contributed by atoms with Crippen molar-refractivity contribution in [3.8, 4) is 0 Å². The smallest absolute Gasteiger partial charge is 0.0510 e. The Balaban J connectivity index is 2.39. The van der Waals surface area contributed by atoms with Gasteiger partial charge in [-0.3, -0.25) is 0 Å². The van der Waals surface area contributed by atoms with E-state index in [9.17, 15) is 0 Å². The highest BCUT2D eigenvalue weighted by Gasteiger charge is 2.26. The largest absolute Gasteiger partial charge is 0.381 e. The predicted octanol–water partition coefficient (Wildman–Crippen LogP) is 2.12. The Morgan fingerprint density at radius 3 is 2.71 bits per heavy atom. The van der Waals surface area contributed by atoms with E-state index in [1.807, 2.05) is 0 Å². The molecule has 1 aliphatic heterocycles. The normalized spacial score (nSPS) is 22.2. The molecule has 1 aliphatic rings. The lowest BCUT2D eigenvalue weighted by Gasteiger charge is -2.30. The summed E-state index contributed by atoms with van der Waals surface area (Å²) in [5.41, 5.74) is 0. The Morgan fingerprint density at radius 2 is 2.18 bits per heavy atom. The van der Waals surface area contributed by atoms with Crippen LogP contribution in [-0.4, -0.2) is 50.3 Å². The average Bonchev–Trinajstić information content (AvgIpc) is 2.87. The van der Waals surface area contributed by atoms with Crippen LogP contribution in [0.4, 0.5) is 0 Å². The second-order valence-electron chi connectivity index (χ2n) is 5.03. The van der Waals surface area contributed by atoms with Crippen LogP contribution in [0.1, 0.15) is 40.0 Å². The van der Waals surface area contributed by atoms with Crippen LogP contribution in [0.25, 0.3) is 0 Å². The summed E-state index contributed by atoms with van der Waals surface area (Å²) in [5.74, 6) is 0.714. The molecule has 3 nitrogen and oxygen atoms in total. The van der Waals surface area contributed by atoms with Gasteiger partial charge >= 0.3 is 0 Å². The summed E-state index contributed by atoms with van der Waals surface area (Å²) in [6, 6.07) is 0.610. The second-order valence-corrected chi connectivity index (χ2v) is 5.03. The van der Waals surface area contributed by atoms with E-state index < -0.39 is 0 Å². The first-order valence-corrected chi connectivity index (χ1v) is 7.35. The molecule has 1 rings (SSSR count). The fourth-order valence-electron chi connectivity index (χ4n) is 2.55. The first-order chi connectivity index (χ1) is 8.31. The average molecular weight is 242 g/mol. The number of nitrogens with zero attached hydrogens (tertiary/aromatic N) is 1. The van der Waals surface area contributed by atoms with Gasteiger partial charge in [-0.15, -0.1) is 0 Å². The SMILES string of the molecule is CCCCN(CC)CC(NCC)C1CCOC1. The van der Waals surface area contributed by atoms with Crippen LogP contribution in [-0.2, 0) is 4.74 Å². The summed E-state index contributed by atoms with van der Waals surface area (Å²) in [7, 11) is 0. The van der Waals surface area contributed by atoms with Crippen molar-refractivity contribution in [1.29, 1.82) is 0 Å². The van der Waals surface area contributed by atoms with Gasteiger partial charge in [0.05, 0.1) is 6.61 Å². The summed E-state index contributed by atoms with van der Waals surface area (Å²) in [5, 5.41) is 3.64. The Hall–Kier alpha value is -0.120. The van der Waals surface area contributed by atoms with Crippen molar-refractivity contribution < 1.29 is 4.74 Å². The molecule has 0 aliphatic carbocycles. The van der Waals surface area contributed by atoms with E-state index >= 15 is 0 Å². The molecule has 2 unspecified atom stereocenters. The van der Waals surface area contributed by atoms with Gasteiger partial charge in [-0.05, 0) is 32.5 Å². The third-order valence-corrected chi connectivity index (χ3v) is 3.73. The number of hydrogen-bond donors (Lipinski definition) is 1. The summed E-state index contributed by atoms with van der Waals surface area (Å²) in [6.45, 7) is 13.3. The Labute approximate surface area is 107 Å². The lowest BCUT2D eigenvalue weighted by atomic mass is 9.98. The maximum Gasteiger partial charge on any atom is 0.0510 e. The molecule has 0 aromatic carbocycles. The summed E-state index contributed by atoms with van der Waals surface area (Å²) in [4.78, 5) is 2.58. The lowest BCUT2D eigenvalue weighted by Crippen LogP contribution is -2.46. The zero-order chi connectivity index (χ0) is 12.5. The molecule has 1 N–H and O–H groups in total. The molecule has 0 saturated carbocycles. The van der Waals surface area contributed by atoms with E-state index in [4.69, 9.17) is 4.74 Å². The fraction of sp³-hybridized carbons (Fsp3) is 1.00. The molecule has 1 fully saturated rings. The standard InChI is InChI=1S/C14H30N2O/c1-4-7-9-16(6-3)11-14(15-5-2)13-8-10-17-12-13/h13-15H,4-12H2,1-3H3. The maximum absolute atomic E-state index is 5.52. The van der Waals surface area contributed by atoms with Crippen LogP contribution in [0.2, 0.25) is 0 Å². The minimum atomic E-state index is 0.610. The third-order valence-electron chi connectivity index (χ3n) is 3.73. The quantitative estimate of drug-likeness (QED) is 0.670. The molecule has 0 radical (unpaired) electrons. The minimum absolute atomic E-state index is 0.610. The topological polar surface area (TPSA) is 24.5 Å². The number of ether oxygens (including phenoxy) is 1. The van der Waals surface area contributed by atoms with Gasteiger partial charge < -0.3 is 15.0 Å². The van der Waals surface area contributed by atoms with Crippen LogP contribution in [0, 0.1) is 5.92 Å². The molecule has 17 heavy (non-hydrogen) atoms. The third kappa shape index (κ3) is 5.36. The maximum atomic E-state index is 5.52. The first kappa shape index (κ1) is 14.9. The van der Waals surface area contributed by atoms with Crippen molar-refractivity contribution >= 4 is 0 Å². The molecule has 0 amide bonds. The molecule has 0 aromatic heterocycles. The summed E-state index contributed by atoms with van der Waals surface area (Å²) < 4.78 is 5.52. The minimum Gasteiger partial charge on any atom is -0.381 e. The van der Waals surface area contributed by atoms with E-state index in [1.54, 1.807) is 0 Å². The zero-order valence-corrected chi connectivity index (χ0v) is 11.9. The highest BCUT2D eigenvalue weighted by molar-refractivity contribution is 4.81. The van der Waals surface area contributed by atoms with Gasteiger partial charge in [0.1, 0.15) is 0 Å². The van der Waals surface area contributed by atoms with Gasteiger partial charge in [-0.1, -0.05) is 27.2 Å². The zero-order valence-electron chi connectivity index (χ0n) is 11.9. The second kappa shape index (κ2) is 8.90. The van der Waals surface area contributed by atoms with Gasteiger partial charge in [0.25, 0.3) is 0 Å². The number of unbranched alkanes of at least 4 members (excludes halogenated alkanes) is 1. The molecule has 0 bridgehead atoms. The van der Waals surface area contributed by atoms with Crippen molar-refractivity contribution in [2.24, 2.45) is 5.92 Å². The van der Waals surface area contributed by atoms with Crippen LogP contribution < -0.4 is 5.32 Å². The van der Waals surface area contributed by atoms with E-state index in [1.165, 1.54) is 32.4 Å². The Kier molecular flexibility index (Phi) is 7.82. The van der Waals surface area contributed by atoms with Gasteiger partial charge in [-0.2, -0.15) is 0 Å².